The number of benzene rings is 1. The van der Waals surface area contributed by atoms with Gasteiger partial charge in [-0.2, -0.15) is 0 Å². The summed E-state index contributed by atoms with van der Waals surface area (Å²) in [6.45, 7) is 4.18. The van der Waals surface area contributed by atoms with Crippen molar-refractivity contribution in [2.75, 3.05) is 11.9 Å². The highest BCUT2D eigenvalue weighted by Gasteiger charge is 2.10. The van der Waals surface area contributed by atoms with Gasteiger partial charge in [0.25, 0.3) is 5.91 Å². The van der Waals surface area contributed by atoms with E-state index in [0.29, 0.717) is 34.3 Å². The Morgan fingerprint density at radius 3 is 2.67 bits per heavy atom. The fourth-order valence-corrected chi connectivity index (χ4v) is 2.30. The van der Waals surface area contributed by atoms with Gasteiger partial charge in [0, 0.05) is 16.9 Å². The Balaban J connectivity index is 2.17. The third-order valence-electron chi connectivity index (χ3n) is 2.67. The number of aryl methyl sites for hydroxylation is 1. The lowest BCUT2D eigenvalue weighted by Crippen LogP contribution is -2.12. The fraction of sp³-hybridized carbons (Fsp3) is 0.200. The Hall–Kier alpha value is -1.78. The minimum atomic E-state index is -0.275. The standard InChI is InChI=1S/C15H14Cl2N2O2/c1-3-21-13-5-4-11(8-12(13)16)19-15(20)10-6-9(2)18-14(17)7-10/h4-8H,3H2,1-2H3,(H,19,20). The number of pyridine rings is 1. The van der Waals surface area contributed by atoms with Crippen molar-refractivity contribution >= 4 is 34.8 Å². The molecule has 110 valence electrons. The molecule has 0 saturated heterocycles. The van der Waals surface area contributed by atoms with Crippen LogP contribution in [0.2, 0.25) is 10.2 Å². The van der Waals surface area contributed by atoms with Crippen molar-refractivity contribution in [3.8, 4) is 5.75 Å². The van der Waals surface area contributed by atoms with Crippen LogP contribution in [-0.2, 0) is 0 Å². The number of hydrogen-bond donors (Lipinski definition) is 1. The molecular weight excluding hydrogens is 311 g/mol. The van der Waals surface area contributed by atoms with Crippen LogP contribution < -0.4 is 10.1 Å². The number of anilines is 1. The molecule has 2 rings (SSSR count). The molecule has 0 unspecified atom stereocenters. The lowest BCUT2D eigenvalue weighted by molar-refractivity contribution is 0.102. The van der Waals surface area contributed by atoms with Crippen molar-refractivity contribution < 1.29 is 9.53 Å². The van der Waals surface area contributed by atoms with E-state index in [1.54, 1.807) is 31.2 Å². The normalized spacial score (nSPS) is 10.3. The summed E-state index contributed by atoms with van der Waals surface area (Å²) < 4.78 is 5.34. The van der Waals surface area contributed by atoms with Crippen LogP contribution in [0, 0.1) is 6.92 Å². The molecule has 0 spiro atoms. The molecule has 1 heterocycles. The first-order valence-electron chi connectivity index (χ1n) is 6.37. The van der Waals surface area contributed by atoms with Crippen LogP contribution in [-0.4, -0.2) is 17.5 Å². The number of nitrogens with one attached hydrogen (secondary N) is 1. The Kier molecular flexibility index (Phi) is 5.04. The SMILES string of the molecule is CCOc1ccc(NC(=O)c2cc(C)nc(Cl)c2)cc1Cl. The summed E-state index contributed by atoms with van der Waals surface area (Å²) in [6.07, 6.45) is 0. The third kappa shape index (κ3) is 4.09. The Morgan fingerprint density at radius 1 is 1.29 bits per heavy atom. The van der Waals surface area contributed by atoms with Crippen molar-refractivity contribution in [1.29, 1.82) is 0 Å². The van der Waals surface area contributed by atoms with E-state index in [9.17, 15) is 4.79 Å². The number of halogens is 2. The predicted octanol–water partition coefficient (Wildman–Crippen LogP) is 4.35. The molecule has 1 N–H and O–H groups in total. The first-order valence-corrected chi connectivity index (χ1v) is 7.13. The van der Waals surface area contributed by atoms with Crippen LogP contribution in [0.15, 0.2) is 30.3 Å². The molecule has 0 aliphatic heterocycles. The summed E-state index contributed by atoms with van der Waals surface area (Å²) in [5, 5.41) is 3.48. The van der Waals surface area contributed by atoms with Gasteiger partial charge in [0.15, 0.2) is 0 Å². The van der Waals surface area contributed by atoms with Crippen molar-refractivity contribution in [2.24, 2.45) is 0 Å². The van der Waals surface area contributed by atoms with Crippen molar-refractivity contribution in [3.05, 3.63) is 51.8 Å². The molecule has 1 amide bonds. The fourth-order valence-electron chi connectivity index (χ4n) is 1.81. The Morgan fingerprint density at radius 2 is 2.05 bits per heavy atom. The summed E-state index contributed by atoms with van der Waals surface area (Å²) in [6, 6.07) is 8.26. The third-order valence-corrected chi connectivity index (χ3v) is 3.16. The summed E-state index contributed by atoms with van der Waals surface area (Å²) in [5.74, 6) is 0.308. The van der Waals surface area contributed by atoms with E-state index in [2.05, 4.69) is 10.3 Å². The van der Waals surface area contributed by atoms with Gasteiger partial charge < -0.3 is 10.1 Å². The largest absolute Gasteiger partial charge is 0.492 e. The Bertz CT molecular complexity index is 654. The molecule has 1 aromatic carbocycles. The quantitative estimate of drug-likeness (QED) is 0.851. The number of rotatable bonds is 4. The van der Waals surface area contributed by atoms with E-state index >= 15 is 0 Å². The van der Waals surface area contributed by atoms with Gasteiger partial charge in [0.2, 0.25) is 0 Å². The number of ether oxygens (including phenoxy) is 1. The van der Waals surface area contributed by atoms with Gasteiger partial charge in [-0.1, -0.05) is 23.2 Å². The highest BCUT2D eigenvalue weighted by Crippen LogP contribution is 2.28. The molecule has 1 aromatic heterocycles. The van der Waals surface area contributed by atoms with E-state index in [0.717, 1.165) is 0 Å². The minimum Gasteiger partial charge on any atom is -0.492 e. The molecule has 0 fully saturated rings. The molecule has 0 aliphatic rings. The predicted molar refractivity (Wildman–Crippen MR) is 84.6 cm³/mol. The molecule has 0 radical (unpaired) electrons. The number of aromatic nitrogens is 1. The molecule has 6 heteroatoms. The first kappa shape index (κ1) is 15.6. The average Bonchev–Trinajstić information content (AvgIpc) is 2.41. The number of carbonyl (C=O) groups is 1. The second kappa shape index (κ2) is 6.78. The molecule has 0 saturated carbocycles. The van der Waals surface area contributed by atoms with Gasteiger partial charge >= 0.3 is 0 Å². The number of nitrogens with zero attached hydrogens (tertiary/aromatic N) is 1. The Labute approximate surface area is 133 Å². The van der Waals surface area contributed by atoms with Gasteiger partial charge in [-0.15, -0.1) is 0 Å². The molecule has 0 bridgehead atoms. The van der Waals surface area contributed by atoms with Gasteiger partial charge in [-0.25, -0.2) is 4.98 Å². The molecule has 0 aliphatic carbocycles. The van der Waals surface area contributed by atoms with Crippen molar-refractivity contribution in [1.82, 2.24) is 4.98 Å². The number of hydrogen-bond acceptors (Lipinski definition) is 3. The maximum absolute atomic E-state index is 12.2. The number of amides is 1. The minimum absolute atomic E-state index is 0.275. The summed E-state index contributed by atoms with van der Waals surface area (Å²) >= 11 is 11.9. The van der Waals surface area contributed by atoms with Crippen molar-refractivity contribution in [3.63, 3.8) is 0 Å². The number of carbonyl (C=O) groups excluding carboxylic acids is 1. The van der Waals surface area contributed by atoms with Crippen LogP contribution in [0.3, 0.4) is 0 Å². The van der Waals surface area contributed by atoms with E-state index < -0.39 is 0 Å². The lowest BCUT2D eigenvalue weighted by atomic mass is 10.2. The van der Waals surface area contributed by atoms with Crippen LogP contribution in [0.1, 0.15) is 23.0 Å². The van der Waals surface area contributed by atoms with E-state index in [4.69, 9.17) is 27.9 Å². The topological polar surface area (TPSA) is 51.2 Å². The summed E-state index contributed by atoms with van der Waals surface area (Å²) in [4.78, 5) is 16.2. The lowest BCUT2D eigenvalue weighted by Gasteiger charge is -2.09. The first-order chi connectivity index (χ1) is 9.99. The second-order valence-electron chi connectivity index (χ2n) is 4.35. The highest BCUT2D eigenvalue weighted by atomic mass is 35.5. The zero-order valence-electron chi connectivity index (χ0n) is 11.6. The van der Waals surface area contributed by atoms with Crippen LogP contribution >= 0.6 is 23.2 Å². The summed E-state index contributed by atoms with van der Waals surface area (Å²) in [5.41, 5.74) is 1.70. The van der Waals surface area contributed by atoms with Gasteiger partial charge in [0.05, 0.1) is 11.6 Å². The smallest absolute Gasteiger partial charge is 0.255 e. The molecule has 21 heavy (non-hydrogen) atoms. The maximum Gasteiger partial charge on any atom is 0.255 e. The highest BCUT2D eigenvalue weighted by molar-refractivity contribution is 6.32. The van der Waals surface area contributed by atoms with Gasteiger partial charge in [-0.3, -0.25) is 4.79 Å². The second-order valence-corrected chi connectivity index (χ2v) is 5.15. The molecule has 4 nitrogen and oxygen atoms in total. The van der Waals surface area contributed by atoms with Gasteiger partial charge in [0.1, 0.15) is 10.9 Å². The van der Waals surface area contributed by atoms with E-state index in [1.165, 1.54) is 6.07 Å². The van der Waals surface area contributed by atoms with Crippen LogP contribution in [0.25, 0.3) is 0 Å². The zero-order chi connectivity index (χ0) is 15.4. The summed E-state index contributed by atoms with van der Waals surface area (Å²) in [7, 11) is 0. The average molecular weight is 325 g/mol. The van der Waals surface area contributed by atoms with Gasteiger partial charge in [-0.05, 0) is 44.2 Å². The van der Waals surface area contributed by atoms with E-state index in [1.807, 2.05) is 6.92 Å². The van der Waals surface area contributed by atoms with Crippen LogP contribution in [0.5, 0.6) is 5.75 Å². The van der Waals surface area contributed by atoms with Crippen LogP contribution in [0.4, 0.5) is 5.69 Å². The molecular formula is C15H14Cl2N2O2. The van der Waals surface area contributed by atoms with E-state index in [-0.39, 0.29) is 11.1 Å². The monoisotopic (exact) mass is 324 g/mol. The molecule has 2 aromatic rings. The molecule has 0 atom stereocenters. The zero-order valence-corrected chi connectivity index (χ0v) is 13.1. The maximum atomic E-state index is 12.2. The van der Waals surface area contributed by atoms with Crippen molar-refractivity contribution in [2.45, 2.75) is 13.8 Å².